The second-order valence-electron chi connectivity index (χ2n) is 2.05. The SMILES string of the molecule is C1=CONCC1.C1CONN1. The predicted molar refractivity (Wildman–Crippen MR) is 39.9 cm³/mol. The van der Waals surface area contributed by atoms with E-state index >= 15 is 0 Å². The summed E-state index contributed by atoms with van der Waals surface area (Å²) in [5.41, 5.74) is 7.92. The first-order valence-corrected chi connectivity index (χ1v) is 3.63. The second kappa shape index (κ2) is 6.11. The molecule has 1 fully saturated rings. The van der Waals surface area contributed by atoms with Crippen LogP contribution in [0.25, 0.3) is 0 Å². The van der Waals surface area contributed by atoms with Crippen LogP contribution in [-0.4, -0.2) is 19.7 Å². The molecule has 0 aromatic carbocycles. The maximum atomic E-state index is 4.64. The molecule has 0 amide bonds. The Kier molecular flexibility index (Phi) is 4.71. The van der Waals surface area contributed by atoms with Gasteiger partial charge < -0.3 is 4.84 Å². The molecule has 1 saturated heterocycles. The lowest BCUT2D eigenvalue weighted by Gasteiger charge is -2.03. The topological polar surface area (TPSA) is 54.5 Å². The zero-order chi connectivity index (χ0) is 7.78. The molecular formula is C6H13N3O2. The fraction of sp³-hybridized carbons (Fsp3) is 0.667. The van der Waals surface area contributed by atoms with Gasteiger partial charge in [0.05, 0.1) is 6.61 Å². The minimum absolute atomic E-state index is 0.778. The number of hydrogen-bond acceptors (Lipinski definition) is 5. The highest BCUT2D eigenvalue weighted by Crippen LogP contribution is 1.85. The maximum absolute atomic E-state index is 4.64. The number of nitrogens with one attached hydrogen (secondary N) is 3. The molecule has 0 radical (unpaired) electrons. The highest BCUT2D eigenvalue weighted by Gasteiger charge is 1.91. The molecule has 0 unspecified atom stereocenters. The number of hydrazine groups is 1. The van der Waals surface area contributed by atoms with E-state index in [1.165, 1.54) is 0 Å². The van der Waals surface area contributed by atoms with Crippen molar-refractivity contribution >= 4 is 0 Å². The lowest BCUT2D eigenvalue weighted by atomic mass is 10.4. The van der Waals surface area contributed by atoms with Gasteiger partial charge in [-0.05, 0) is 12.5 Å². The molecule has 2 rings (SSSR count). The minimum Gasteiger partial charge on any atom is -0.417 e. The van der Waals surface area contributed by atoms with Crippen LogP contribution in [0.1, 0.15) is 6.42 Å². The Bertz CT molecular complexity index is 98.8. The zero-order valence-electron chi connectivity index (χ0n) is 6.30. The molecule has 0 aromatic rings. The van der Waals surface area contributed by atoms with E-state index in [-0.39, 0.29) is 0 Å². The maximum Gasteiger partial charge on any atom is 0.107 e. The third-order valence-electron chi connectivity index (χ3n) is 1.13. The van der Waals surface area contributed by atoms with Crippen molar-refractivity contribution in [3.05, 3.63) is 12.3 Å². The van der Waals surface area contributed by atoms with E-state index in [1.54, 1.807) is 6.26 Å². The first kappa shape index (κ1) is 8.48. The molecule has 0 spiro atoms. The smallest absolute Gasteiger partial charge is 0.107 e. The van der Waals surface area contributed by atoms with E-state index in [4.69, 9.17) is 0 Å². The summed E-state index contributed by atoms with van der Waals surface area (Å²) in [6.07, 6.45) is 4.72. The number of rotatable bonds is 0. The normalized spacial score (nSPS) is 21.8. The lowest BCUT2D eigenvalue weighted by Crippen LogP contribution is -2.20. The van der Waals surface area contributed by atoms with Gasteiger partial charge in [-0.15, -0.1) is 5.59 Å². The van der Waals surface area contributed by atoms with Crippen molar-refractivity contribution in [3.63, 3.8) is 0 Å². The molecule has 5 nitrogen and oxygen atoms in total. The summed E-state index contributed by atoms with van der Waals surface area (Å²) in [6.45, 7) is 2.64. The Morgan fingerprint density at radius 3 is 2.45 bits per heavy atom. The predicted octanol–water partition coefficient (Wildman–Crippen LogP) is -0.549. The first-order chi connectivity index (χ1) is 5.50. The van der Waals surface area contributed by atoms with Crippen molar-refractivity contribution < 1.29 is 9.68 Å². The van der Waals surface area contributed by atoms with Crippen LogP contribution in [0.3, 0.4) is 0 Å². The molecule has 2 aliphatic rings. The van der Waals surface area contributed by atoms with Crippen LogP contribution in [0.4, 0.5) is 0 Å². The molecular weight excluding hydrogens is 146 g/mol. The van der Waals surface area contributed by atoms with Gasteiger partial charge in [-0.2, -0.15) is 5.48 Å². The van der Waals surface area contributed by atoms with Crippen LogP contribution < -0.4 is 16.5 Å². The van der Waals surface area contributed by atoms with Crippen LogP contribution in [0.5, 0.6) is 0 Å². The molecule has 11 heavy (non-hydrogen) atoms. The van der Waals surface area contributed by atoms with Crippen LogP contribution in [0, 0.1) is 0 Å². The van der Waals surface area contributed by atoms with Crippen LogP contribution >= 0.6 is 0 Å². The summed E-state index contributed by atoms with van der Waals surface area (Å²) in [6, 6.07) is 0. The van der Waals surface area contributed by atoms with Gasteiger partial charge in [0, 0.05) is 13.1 Å². The Hall–Kier alpha value is -0.620. The van der Waals surface area contributed by atoms with Gasteiger partial charge in [-0.1, -0.05) is 0 Å². The zero-order valence-corrected chi connectivity index (χ0v) is 6.30. The summed E-state index contributed by atoms with van der Waals surface area (Å²) in [4.78, 5) is 9.22. The van der Waals surface area contributed by atoms with Gasteiger partial charge in [0.2, 0.25) is 0 Å². The Labute approximate surface area is 65.6 Å². The molecule has 5 heteroatoms. The summed E-state index contributed by atoms with van der Waals surface area (Å²) in [5, 5.41) is 0. The summed E-state index contributed by atoms with van der Waals surface area (Å²) in [7, 11) is 0. The van der Waals surface area contributed by atoms with E-state index in [0.717, 1.165) is 26.1 Å². The van der Waals surface area contributed by atoms with Crippen molar-refractivity contribution in [3.8, 4) is 0 Å². The Morgan fingerprint density at radius 1 is 1.27 bits per heavy atom. The van der Waals surface area contributed by atoms with Crippen LogP contribution in [-0.2, 0) is 9.68 Å². The van der Waals surface area contributed by atoms with Crippen molar-refractivity contribution in [1.29, 1.82) is 0 Å². The van der Waals surface area contributed by atoms with Crippen LogP contribution in [0.2, 0.25) is 0 Å². The van der Waals surface area contributed by atoms with E-state index < -0.39 is 0 Å². The van der Waals surface area contributed by atoms with Crippen LogP contribution in [0.15, 0.2) is 12.3 Å². The van der Waals surface area contributed by atoms with Gasteiger partial charge in [0.1, 0.15) is 6.26 Å². The third-order valence-corrected chi connectivity index (χ3v) is 1.13. The van der Waals surface area contributed by atoms with Crippen molar-refractivity contribution in [2.75, 3.05) is 19.7 Å². The molecule has 0 aromatic heterocycles. The fourth-order valence-electron chi connectivity index (χ4n) is 0.621. The average molecular weight is 159 g/mol. The van der Waals surface area contributed by atoms with Gasteiger partial charge in [-0.3, -0.25) is 4.84 Å². The molecule has 0 bridgehead atoms. The van der Waals surface area contributed by atoms with Gasteiger partial charge in [0.25, 0.3) is 0 Å². The summed E-state index contributed by atoms with van der Waals surface area (Å²) >= 11 is 0. The van der Waals surface area contributed by atoms with E-state index in [0.29, 0.717) is 0 Å². The van der Waals surface area contributed by atoms with Gasteiger partial charge in [-0.25, -0.2) is 5.43 Å². The Balaban J connectivity index is 0.000000112. The summed E-state index contributed by atoms with van der Waals surface area (Å²) < 4.78 is 0. The average Bonchev–Trinajstić information content (AvgIpc) is 2.64. The molecule has 64 valence electrons. The summed E-state index contributed by atoms with van der Waals surface area (Å²) in [5.74, 6) is 0. The van der Waals surface area contributed by atoms with Crippen molar-refractivity contribution in [2.45, 2.75) is 6.42 Å². The molecule has 3 N–H and O–H groups in total. The quantitative estimate of drug-likeness (QED) is 0.443. The Morgan fingerprint density at radius 2 is 2.27 bits per heavy atom. The number of hydroxylamine groups is 1. The third kappa shape index (κ3) is 4.74. The molecule has 0 aliphatic carbocycles. The molecule has 0 atom stereocenters. The lowest BCUT2D eigenvalue weighted by molar-refractivity contribution is 0.0856. The van der Waals surface area contributed by atoms with Crippen molar-refractivity contribution in [1.82, 2.24) is 16.5 Å². The molecule has 2 heterocycles. The van der Waals surface area contributed by atoms with Crippen molar-refractivity contribution in [2.24, 2.45) is 0 Å². The minimum atomic E-state index is 0.778. The fourth-order valence-corrected chi connectivity index (χ4v) is 0.621. The van der Waals surface area contributed by atoms with Gasteiger partial charge >= 0.3 is 0 Å². The highest BCUT2D eigenvalue weighted by atomic mass is 16.7. The van der Waals surface area contributed by atoms with E-state index in [1.807, 2.05) is 6.08 Å². The molecule has 0 saturated carbocycles. The second-order valence-corrected chi connectivity index (χ2v) is 2.05. The van der Waals surface area contributed by atoms with Gasteiger partial charge in [0.15, 0.2) is 0 Å². The molecule has 2 aliphatic heterocycles. The monoisotopic (exact) mass is 159 g/mol. The highest BCUT2D eigenvalue weighted by molar-refractivity contribution is 4.75. The first-order valence-electron chi connectivity index (χ1n) is 3.63. The number of hydrogen-bond donors (Lipinski definition) is 3. The standard InChI is InChI=1S/C4H7NO.C2H6N2O/c1-2-4-6-5-3-1;1-2-5-4-3-1/h2,4-5H,1,3H2;3-4H,1-2H2. The van der Waals surface area contributed by atoms with E-state index in [2.05, 4.69) is 26.2 Å². The van der Waals surface area contributed by atoms with E-state index in [9.17, 15) is 0 Å². The largest absolute Gasteiger partial charge is 0.417 e.